The van der Waals surface area contributed by atoms with Crippen LogP contribution in [-0.2, 0) is 16.0 Å². The first-order valence-corrected chi connectivity index (χ1v) is 6.40. The van der Waals surface area contributed by atoms with Crippen LogP contribution in [0.4, 0.5) is 5.69 Å². The van der Waals surface area contributed by atoms with Crippen molar-refractivity contribution in [3.8, 4) is 0 Å². The molecular weight excluding hydrogens is 228 g/mol. The Morgan fingerprint density at radius 3 is 2.83 bits per heavy atom. The average Bonchev–Trinajstić information content (AvgIpc) is 2.87. The van der Waals surface area contributed by atoms with Gasteiger partial charge >= 0.3 is 0 Å². The second kappa shape index (κ2) is 4.53. The van der Waals surface area contributed by atoms with Gasteiger partial charge in [0.25, 0.3) is 0 Å². The Hall–Kier alpha value is -1.68. The van der Waals surface area contributed by atoms with Gasteiger partial charge in [0, 0.05) is 25.4 Å². The quantitative estimate of drug-likeness (QED) is 0.738. The molecule has 0 aliphatic carbocycles. The predicted molar refractivity (Wildman–Crippen MR) is 68.0 cm³/mol. The highest BCUT2D eigenvalue weighted by Crippen LogP contribution is 2.31. The number of fused-ring (bicyclic) bond motifs is 1. The highest BCUT2D eigenvalue weighted by molar-refractivity contribution is 5.95. The molecule has 1 amide bonds. The Kier molecular flexibility index (Phi) is 2.88. The first-order valence-electron chi connectivity index (χ1n) is 6.40. The number of hydrazine groups is 1. The highest BCUT2D eigenvalue weighted by atomic mass is 16.2. The van der Waals surface area contributed by atoms with E-state index in [1.807, 2.05) is 23.2 Å². The standard InChI is InChI=1S/C14H16N2O2/c17-10-11-7-8-15(9-11)16-13-4-2-1-3-12(13)5-6-14(16)18/h1-4,10-11H,5-9H2. The molecule has 2 aliphatic heterocycles. The number of hydrogen-bond donors (Lipinski definition) is 0. The summed E-state index contributed by atoms with van der Waals surface area (Å²) in [7, 11) is 0. The summed E-state index contributed by atoms with van der Waals surface area (Å²) in [5.41, 5.74) is 2.20. The lowest BCUT2D eigenvalue weighted by molar-refractivity contribution is -0.122. The molecule has 1 atom stereocenters. The van der Waals surface area contributed by atoms with E-state index in [1.165, 1.54) is 5.56 Å². The van der Waals surface area contributed by atoms with E-state index < -0.39 is 0 Å². The van der Waals surface area contributed by atoms with Crippen molar-refractivity contribution in [2.75, 3.05) is 18.1 Å². The van der Waals surface area contributed by atoms with Crippen molar-refractivity contribution in [3.05, 3.63) is 29.8 Å². The first-order chi connectivity index (χ1) is 8.79. The molecule has 0 aromatic heterocycles. The predicted octanol–water partition coefficient (Wildman–Crippen LogP) is 1.40. The molecule has 0 bridgehead atoms. The fraction of sp³-hybridized carbons (Fsp3) is 0.429. The molecule has 2 aliphatic rings. The molecule has 0 saturated carbocycles. The zero-order valence-corrected chi connectivity index (χ0v) is 10.2. The number of nitrogens with zero attached hydrogens (tertiary/aromatic N) is 2. The van der Waals surface area contributed by atoms with Crippen LogP contribution in [-0.4, -0.2) is 30.3 Å². The molecule has 1 fully saturated rings. The van der Waals surface area contributed by atoms with E-state index >= 15 is 0 Å². The minimum atomic E-state index is 0.0619. The van der Waals surface area contributed by atoms with Crippen molar-refractivity contribution in [3.63, 3.8) is 0 Å². The van der Waals surface area contributed by atoms with Gasteiger partial charge in [-0.1, -0.05) is 18.2 Å². The number of anilines is 1. The lowest BCUT2D eigenvalue weighted by atomic mass is 10.0. The van der Waals surface area contributed by atoms with Gasteiger partial charge < -0.3 is 4.79 Å². The third-order valence-corrected chi connectivity index (χ3v) is 3.74. The number of hydrogen-bond acceptors (Lipinski definition) is 3. The molecular formula is C14H16N2O2. The van der Waals surface area contributed by atoms with E-state index in [-0.39, 0.29) is 11.8 Å². The molecule has 1 aromatic rings. The lowest BCUT2D eigenvalue weighted by Crippen LogP contribution is -2.48. The van der Waals surface area contributed by atoms with E-state index in [1.54, 1.807) is 5.01 Å². The summed E-state index contributed by atoms with van der Waals surface area (Å²) < 4.78 is 0. The van der Waals surface area contributed by atoms with Crippen molar-refractivity contribution in [2.45, 2.75) is 19.3 Å². The van der Waals surface area contributed by atoms with Gasteiger partial charge in [-0.25, -0.2) is 10.0 Å². The maximum atomic E-state index is 12.1. The van der Waals surface area contributed by atoms with Gasteiger partial charge in [-0.05, 0) is 24.5 Å². The number of amides is 1. The highest BCUT2D eigenvalue weighted by Gasteiger charge is 2.33. The van der Waals surface area contributed by atoms with Gasteiger partial charge in [0.2, 0.25) is 5.91 Å². The zero-order chi connectivity index (χ0) is 12.5. The van der Waals surface area contributed by atoms with Crippen LogP contribution in [0.15, 0.2) is 24.3 Å². The lowest BCUT2D eigenvalue weighted by Gasteiger charge is -2.36. The molecule has 3 rings (SSSR count). The van der Waals surface area contributed by atoms with Crippen molar-refractivity contribution < 1.29 is 9.59 Å². The number of carbonyl (C=O) groups excluding carboxylic acids is 2. The summed E-state index contributed by atoms with van der Waals surface area (Å²) in [4.78, 5) is 23.0. The van der Waals surface area contributed by atoms with Crippen molar-refractivity contribution in [1.29, 1.82) is 0 Å². The summed E-state index contributed by atoms with van der Waals surface area (Å²) in [6.07, 6.45) is 3.21. The van der Waals surface area contributed by atoms with Crippen LogP contribution < -0.4 is 5.01 Å². The van der Waals surface area contributed by atoms with Gasteiger partial charge in [0.05, 0.1) is 5.69 Å². The van der Waals surface area contributed by atoms with E-state index in [0.29, 0.717) is 13.0 Å². The molecule has 0 spiro atoms. The third kappa shape index (κ3) is 1.82. The molecule has 94 valence electrons. The molecule has 2 heterocycles. The molecule has 1 aromatic carbocycles. The van der Waals surface area contributed by atoms with E-state index in [2.05, 4.69) is 6.07 Å². The summed E-state index contributed by atoms with van der Waals surface area (Å²) in [6, 6.07) is 8.02. The van der Waals surface area contributed by atoms with Gasteiger partial charge in [0.15, 0.2) is 0 Å². The van der Waals surface area contributed by atoms with Crippen LogP contribution in [0, 0.1) is 5.92 Å². The van der Waals surface area contributed by atoms with Crippen molar-refractivity contribution in [2.24, 2.45) is 5.92 Å². The largest absolute Gasteiger partial charge is 0.303 e. The number of aryl methyl sites for hydroxylation is 1. The summed E-state index contributed by atoms with van der Waals surface area (Å²) in [5.74, 6) is 0.201. The van der Waals surface area contributed by atoms with Crippen molar-refractivity contribution >= 4 is 17.9 Å². The maximum absolute atomic E-state index is 12.1. The summed E-state index contributed by atoms with van der Waals surface area (Å²) >= 11 is 0. The number of carbonyl (C=O) groups is 2. The maximum Gasteiger partial charge on any atom is 0.241 e. The van der Waals surface area contributed by atoms with E-state index in [4.69, 9.17) is 0 Å². The molecule has 1 saturated heterocycles. The van der Waals surface area contributed by atoms with Gasteiger partial charge in [-0.3, -0.25) is 4.79 Å². The van der Waals surface area contributed by atoms with Crippen LogP contribution >= 0.6 is 0 Å². The fourth-order valence-electron chi connectivity index (χ4n) is 2.78. The minimum Gasteiger partial charge on any atom is -0.303 e. The Morgan fingerprint density at radius 2 is 2.06 bits per heavy atom. The van der Waals surface area contributed by atoms with Gasteiger partial charge in [-0.15, -0.1) is 0 Å². The van der Waals surface area contributed by atoms with Crippen molar-refractivity contribution in [1.82, 2.24) is 5.01 Å². The first kappa shape index (κ1) is 11.4. The summed E-state index contributed by atoms with van der Waals surface area (Å²) in [6.45, 7) is 1.44. The second-order valence-electron chi connectivity index (χ2n) is 4.93. The number of rotatable bonds is 2. The topological polar surface area (TPSA) is 40.6 Å². The Balaban J connectivity index is 1.91. The smallest absolute Gasteiger partial charge is 0.241 e. The van der Waals surface area contributed by atoms with Crippen LogP contribution in [0.1, 0.15) is 18.4 Å². The number of para-hydroxylation sites is 1. The Bertz CT molecular complexity index is 486. The van der Waals surface area contributed by atoms with Crippen LogP contribution in [0.5, 0.6) is 0 Å². The molecule has 4 heteroatoms. The third-order valence-electron chi connectivity index (χ3n) is 3.74. The number of benzene rings is 1. The Morgan fingerprint density at radius 1 is 1.22 bits per heavy atom. The average molecular weight is 244 g/mol. The SMILES string of the molecule is O=CC1CCN(N2C(=O)CCc3ccccc32)C1. The van der Waals surface area contributed by atoms with Gasteiger partial charge in [0.1, 0.15) is 6.29 Å². The fourth-order valence-corrected chi connectivity index (χ4v) is 2.78. The summed E-state index contributed by atoms with van der Waals surface area (Å²) in [5, 5.41) is 3.79. The van der Waals surface area contributed by atoms with E-state index in [9.17, 15) is 9.59 Å². The molecule has 1 unspecified atom stereocenters. The molecule has 0 radical (unpaired) electrons. The normalized spacial score (nSPS) is 24.1. The number of aldehydes is 1. The van der Waals surface area contributed by atoms with E-state index in [0.717, 1.165) is 31.4 Å². The van der Waals surface area contributed by atoms with Crippen LogP contribution in [0.25, 0.3) is 0 Å². The second-order valence-corrected chi connectivity index (χ2v) is 4.93. The minimum absolute atomic E-state index is 0.0619. The van der Waals surface area contributed by atoms with Gasteiger partial charge in [-0.2, -0.15) is 0 Å². The van der Waals surface area contributed by atoms with Crippen LogP contribution in [0.3, 0.4) is 0 Å². The molecule has 18 heavy (non-hydrogen) atoms. The zero-order valence-electron chi connectivity index (χ0n) is 10.2. The molecule has 4 nitrogen and oxygen atoms in total. The Labute approximate surface area is 106 Å². The van der Waals surface area contributed by atoms with Crippen LogP contribution in [0.2, 0.25) is 0 Å². The molecule has 0 N–H and O–H groups in total. The monoisotopic (exact) mass is 244 g/mol.